The van der Waals surface area contributed by atoms with Crippen molar-refractivity contribution in [3.8, 4) is 5.75 Å². The molecule has 0 atom stereocenters. The molecule has 0 amide bonds. The summed E-state index contributed by atoms with van der Waals surface area (Å²) in [6.45, 7) is 8.41. The first-order valence-electron chi connectivity index (χ1n) is 8.07. The van der Waals surface area contributed by atoms with Gasteiger partial charge in [0.15, 0.2) is 0 Å². The van der Waals surface area contributed by atoms with Crippen molar-refractivity contribution in [1.82, 2.24) is 4.98 Å². The Kier molecular flexibility index (Phi) is 11.0. The maximum absolute atomic E-state index is 10.7. The van der Waals surface area contributed by atoms with Crippen molar-refractivity contribution in [2.75, 3.05) is 6.61 Å². The van der Waals surface area contributed by atoms with E-state index >= 15 is 0 Å². The van der Waals surface area contributed by atoms with Crippen molar-refractivity contribution in [1.29, 1.82) is 0 Å². The predicted molar refractivity (Wildman–Crippen MR) is 89.8 cm³/mol. The summed E-state index contributed by atoms with van der Waals surface area (Å²) >= 11 is 0. The predicted octanol–water partition coefficient (Wildman–Crippen LogP) is 2.42. The van der Waals surface area contributed by atoms with Crippen LogP contribution in [-0.4, -0.2) is 27.8 Å². The summed E-state index contributed by atoms with van der Waals surface area (Å²) in [5.41, 5.74) is 7.09. The minimum absolute atomic E-state index is 0.0862. The minimum atomic E-state index is -0.145. The van der Waals surface area contributed by atoms with Gasteiger partial charge in [-0.25, -0.2) is 0 Å². The third-order valence-electron chi connectivity index (χ3n) is 3.73. The zero-order valence-electron chi connectivity index (χ0n) is 14.6. The number of esters is 1. The van der Waals surface area contributed by atoms with E-state index in [0.29, 0.717) is 35.8 Å². The molecule has 0 saturated carbocycles. The molecule has 0 aromatic carbocycles. The largest absolute Gasteiger partial charge is 0.506 e. The van der Waals surface area contributed by atoms with Crippen LogP contribution in [0.25, 0.3) is 0 Å². The highest BCUT2D eigenvalue weighted by atomic mass is 16.5. The van der Waals surface area contributed by atoms with E-state index in [-0.39, 0.29) is 24.9 Å². The van der Waals surface area contributed by atoms with Crippen LogP contribution >= 0.6 is 0 Å². The lowest BCUT2D eigenvalue weighted by atomic mass is 10.1. The molecule has 0 aliphatic heterocycles. The highest BCUT2D eigenvalue weighted by molar-refractivity contribution is 5.68. The molecule has 1 rings (SSSR count). The van der Waals surface area contributed by atoms with Gasteiger partial charge in [-0.05, 0) is 12.8 Å². The number of aromatic hydroxyl groups is 1. The van der Waals surface area contributed by atoms with Gasteiger partial charge in [-0.1, -0.05) is 33.6 Å². The van der Waals surface area contributed by atoms with Gasteiger partial charge in [-0.3, -0.25) is 9.78 Å². The molecule has 1 aromatic heterocycles. The summed E-state index contributed by atoms with van der Waals surface area (Å²) < 4.78 is 5.00. The Morgan fingerprint density at radius 1 is 1.35 bits per heavy atom. The monoisotopic (exact) mass is 326 g/mol. The molecule has 4 N–H and O–H groups in total. The van der Waals surface area contributed by atoms with Crippen LogP contribution in [-0.2, 0) is 22.7 Å². The number of rotatable bonds is 7. The van der Waals surface area contributed by atoms with Crippen LogP contribution in [0.1, 0.15) is 56.9 Å². The van der Waals surface area contributed by atoms with Crippen molar-refractivity contribution in [2.24, 2.45) is 11.7 Å². The van der Waals surface area contributed by atoms with Crippen LogP contribution in [0.15, 0.2) is 6.20 Å². The molecular formula is C17H30N2O4. The van der Waals surface area contributed by atoms with Gasteiger partial charge in [-0.15, -0.1) is 0 Å². The molecule has 0 unspecified atom stereocenters. The van der Waals surface area contributed by atoms with Crippen molar-refractivity contribution in [2.45, 2.75) is 60.1 Å². The molecule has 132 valence electrons. The number of carbonyl (C=O) groups is 1. The average molecular weight is 326 g/mol. The molecule has 0 radical (unpaired) electrons. The normalized spacial score (nSPS) is 10.2. The fourth-order valence-electron chi connectivity index (χ4n) is 1.89. The van der Waals surface area contributed by atoms with Gasteiger partial charge in [0.1, 0.15) is 5.75 Å². The van der Waals surface area contributed by atoms with Gasteiger partial charge >= 0.3 is 5.97 Å². The van der Waals surface area contributed by atoms with E-state index in [1.54, 1.807) is 6.92 Å². The first-order chi connectivity index (χ1) is 10.9. The Hall–Kier alpha value is -1.66. The smallest absolute Gasteiger partial charge is 0.305 e. The van der Waals surface area contributed by atoms with Gasteiger partial charge in [0.25, 0.3) is 0 Å². The number of aliphatic hydroxyl groups is 1. The number of pyridine rings is 1. The van der Waals surface area contributed by atoms with Crippen LogP contribution in [0, 0.1) is 12.8 Å². The van der Waals surface area contributed by atoms with E-state index in [9.17, 15) is 9.90 Å². The maximum Gasteiger partial charge on any atom is 0.305 e. The van der Waals surface area contributed by atoms with Gasteiger partial charge in [0.05, 0.1) is 18.9 Å². The number of nitrogens with two attached hydrogens (primary N) is 1. The number of aromatic nitrogens is 1. The van der Waals surface area contributed by atoms with E-state index in [1.807, 2.05) is 6.92 Å². The topological polar surface area (TPSA) is 106 Å². The highest BCUT2D eigenvalue weighted by Gasteiger charge is 2.08. The number of nitrogens with zero attached hydrogens (tertiary/aromatic N) is 1. The van der Waals surface area contributed by atoms with Crippen LogP contribution in [0.4, 0.5) is 0 Å². The zero-order chi connectivity index (χ0) is 17.8. The van der Waals surface area contributed by atoms with E-state index in [1.165, 1.54) is 6.20 Å². The van der Waals surface area contributed by atoms with E-state index < -0.39 is 0 Å². The Bertz CT molecular complexity index is 474. The molecule has 0 fully saturated rings. The third kappa shape index (κ3) is 7.43. The number of aliphatic hydroxyl groups excluding tert-OH is 1. The van der Waals surface area contributed by atoms with Crippen molar-refractivity contribution in [3.63, 3.8) is 0 Å². The number of ether oxygens (including phenoxy) is 1. The van der Waals surface area contributed by atoms with Crippen LogP contribution in [0.3, 0.4) is 0 Å². The summed E-state index contributed by atoms with van der Waals surface area (Å²) in [5, 5.41) is 18.3. The highest BCUT2D eigenvalue weighted by Crippen LogP contribution is 2.22. The summed E-state index contributed by atoms with van der Waals surface area (Å²) in [6.07, 6.45) is 4.19. The Balaban J connectivity index is 0.000000423. The first kappa shape index (κ1) is 21.3. The lowest BCUT2D eigenvalue weighted by molar-refractivity contribution is -0.144. The summed E-state index contributed by atoms with van der Waals surface area (Å²) in [4.78, 5) is 14.6. The second-order valence-electron chi connectivity index (χ2n) is 5.28. The lowest BCUT2D eigenvalue weighted by Gasteiger charge is -2.11. The molecule has 6 heteroatoms. The summed E-state index contributed by atoms with van der Waals surface area (Å²) in [7, 11) is 0. The summed E-state index contributed by atoms with van der Waals surface area (Å²) in [5.74, 6) is 0.548. The molecule has 0 spiro atoms. The zero-order valence-corrected chi connectivity index (χ0v) is 14.6. The Labute approximate surface area is 138 Å². The quantitative estimate of drug-likeness (QED) is 0.665. The molecule has 23 heavy (non-hydrogen) atoms. The standard InChI is InChI=1S/C9H18O2.C8H12N2O2/c1-4-8(5-2)7-11-9(10)6-3;1-5-8(12)7(2-9)6(4-11)3-10-5/h8H,4-7H2,1-3H3;3,11-12H,2,4,9H2,1H3. The second-order valence-corrected chi connectivity index (χ2v) is 5.28. The van der Waals surface area contributed by atoms with Crippen molar-refractivity contribution < 1.29 is 19.7 Å². The third-order valence-corrected chi connectivity index (χ3v) is 3.73. The van der Waals surface area contributed by atoms with Gasteiger partial charge in [0, 0.05) is 30.3 Å². The average Bonchev–Trinajstić information content (AvgIpc) is 2.58. The van der Waals surface area contributed by atoms with Crippen LogP contribution in [0.2, 0.25) is 0 Å². The SMILES string of the molecule is CCC(=O)OCC(CC)CC.Cc1ncc(CO)c(CN)c1O. The first-order valence-corrected chi connectivity index (χ1v) is 8.07. The Morgan fingerprint density at radius 3 is 2.39 bits per heavy atom. The molecular weight excluding hydrogens is 296 g/mol. The van der Waals surface area contributed by atoms with Gasteiger partial charge < -0.3 is 20.7 Å². The summed E-state index contributed by atoms with van der Waals surface area (Å²) in [6, 6.07) is 0. The number of aryl methyl sites for hydroxylation is 1. The fourth-order valence-corrected chi connectivity index (χ4v) is 1.89. The molecule has 0 aliphatic carbocycles. The van der Waals surface area contributed by atoms with E-state index in [0.717, 1.165) is 12.8 Å². The van der Waals surface area contributed by atoms with Crippen molar-refractivity contribution >= 4 is 5.97 Å². The van der Waals surface area contributed by atoms with E-state index in [4.69, 9.17) is 15.6 Å². The van der Waals surface area contributed by atoms with Crippen molar-refractivity contribution in [3.05, 3.63) is 23.0 Å². The number of carbonyl (C=O) groups excluding carboxylic acids is 1. The van der Waals surface area contributed by atoms with Crippen LogP contribution in [0.5, 0.6) is 5.75 Å². The molecule has 1 heterocycles. The molecule has 0 saturated heterocycles. The Morgan fingerprint density at radius 2 is 1.96 bits per heavy atom. The molecule has 1 aromatic rings. The maximum atomic E-state index is 10.7. The molecule has 6 nitrogen and oxygen atoms in total. The van der Waals surface area contributed by atoms with Gasteiger partial charge in [-0.2, -0.15) is 0 Å². The molecule has 0 aliphatic rings. The number of hydrogen-bond donors (Lipinski definition) is 3. The minimum Gasteiger partial charge on any atom is -0.506 e. The van der Waals surface area contributed by atoms with Crippen LogP contribution < -0.4 is 5.73 Å². The molecule has 0 bridgehead atoms. The van der Waals surface area contributed by atoms with E-state index in [2.05, 4.69) is 18.8 Å². The fraction of sp³-hybridized carbons (Fsp3) is 0.647. The second kappa shape index (κ2) is 11.8. The van der Waals surface area contributed by atoms with Gasteiger partial charge in [0.2, 0.25) is 0 Å². The lowest BCUT2D eigenvalue weighted by Crippen LogP contribution is -2.11. The number of hydrogen-bond acceptors (Lipinski definition) is 6.